The fourth-order valence-electron chi connectivity index (χ4n) is 11.6. The average molecular weight is 742 g/mol. The minimum absolute atomic E-state index is 0.176. The molecule has 0 saturated carbocycles. The van der Waals surface area contributed by atoms with Gasteiger partial charge in [0.15, 0.2) is 0 Å². The smallest absolute Gasteiger partial charge is 0.235 e. The lowest BCUT2D eigenvalue weighted by Gasteiger charge is -2.33. The van der Waals surface area contributed by atoms with Crippen molar-refractivity contribution in [2.45, 2.75) is 37.5 Å². The second-order valence-corrected chi connectivity index (χ2v) is 16.8. The molecule has 4 heteroatoms. The average Bonchev–Trinajstić information content (AvgIpc) is 4.02. The van der Waals surface area contributed by atoms with E-state index in [1.54, 1.807) is 0 Å². The van der Waals surface area contributed by atoms with Gasteiger partial charge in [-0.25, -0.2) is 9.97 Å². The van der Waals surface area contributed by atoms with E-state index in [1.165, 1.54) is 87.9 Å². The van der Waals surface area contributed by atoms with Crippen molar-refractivity contribution < 1.29 is 4.42 Å². The molecule has 0 aliphatic heterocycles. The van der Waals surface area contributed by atoms with E-state index < -0.39 is 5.41 Å². The molecule has 4 aliphatic carbocycles. The Morgan fingerprint density at radius 2 is 1.43 bits per heavy atom. The fourth-order valence-corrected chi connectivity index (χ4v) is 11.6. The highest BCUT2D eigenvalue weighted by Gasteiger charge is 2.43. The lowest BCUT2D eigenvalue weighted by Crippen LogP contribution is -2.30. The van der Waals surface area contributed by atoms with E-state index in [2.05, 4.69) is 163 Å². The highest BCUT2D eigenvalue weighted by atomic mass is 16.3. The second-order valence-electron chi connectivity index (χ2n) is 16.8. The second kappa shape index (κ2) is 10.9. The molecule has 2 atom stereocenters. The van der Waals surface area contributed by atoms with Gasteiger partial charge in [0, 0.05) is 44.0 Å². The maximum atomic E-state index is 6.52. The molecule has 4 nitrogen and oxygen atoms in total. The molecular weight excluding hydrogens is 707 g/mol. The first kappa shape index (κ1) is 31.1. The van der Waals surface area contributed by atoms with Crippen LogP contribution in [0, 0.1) is 0 Å². The Morgan fingerprint density at radius 1 is 0.655 bits per heavy atom. The first-order valence-electron chi connectivity index (χ1n) is 20.6. The van der Waals surface area contributed by atoms with Crippen molar-refractivity contribution in [2.75, 3.05) is 0 Å². The van der Waals surface area contributed by atoms with Gasteiger partial charge in [-0.15, -0.1) is 0 Å². The van der Waals surface area contributed by atoms with E-state index in [9.17, 15) is 0 Å². The molecule has 4 aliphatic rings. The zero-order valence-corrected chi connectivity index (χ0v) is 31.9. The van der Waals surface area contributed by atoms with Gasteiger partial charge in [0.1, 0.15) is 11.3 Å². The molecule has 7 aromatic carbocycles. The third kappa shape index (κ3) is 3.72. The summed E-state index contributed by atoms with van der Waals surface area (Å²) >= 11 is 0. The number of fused-ring (bicyclic) bond motifs is 19. The Labute approximate surface area is 334 Å². The summed E-state index contributed by atoms with van der Waals surface area (Å²) in [5.74, 6) is 1.82. The van der Waals surface area contributed by atoms with Gasteiger partial charge >= 0.3 is 0 Å². The summed E-state index contributed by atoms with van der Waals surface area (Å²) in [7, 11) is 0. The maximum Gasteiger partial charge on any atom is 0.235 e. The van der Waals surface area contributed by atoms with Crippen molar-refractivity contribution in [1.82, 2.24) is 14.5 Å². The van der Waals surface area contributed by atoms with Crippen LogP contribution in [0.4, 0.5) is 0 Å². The molecule has 0 bridgehead atoms. The van der Waals surface area contributed by atoms with Gasteiger partial charge in [0.2, 0.25) is 5.95 Å². The molecule has 0 radical (unpaired) electrons. The van der Waals surface area contributed by atoms with Gasteiger partial charge in [-0.1, -0.05) is 127 Å². The number of hydrogen-bond acceptors (Lipinski definition) is 3. The van der Waals surface area contributed by atoms with Gasteiger partial charge in [-0.2, -0.15) is 0 Å². The summed E-state index contributed by atoms with van der Waals surface area (Å²) in [4.78, 5) is 11.4. The molecule has 0 amide bonds. The summed E-state index contributed by atoms with van der Waals surface area (Å²) < 4.78 is 8.94. The maximum absolute atomic E-state index is 6.52. The number of nitrogens with zero attached hydrogens (tertiary/aromatic N) is 3. The predicted octanol–water partition coefficient (Wildman–Crippen LogP) is 13.4. The molecule has 2 unspecified atom stereocenters. The van der Waals surface area contributed by atoms with Crippen LogP contribution in [0.2, 0.25) is 0 Å². The zero-order valence-electron chi connectivity index (χ0n) is 31.9. The Bertz CT molecular complexity index is 3580. The van der Waals surface area contributed by atoms with Crippen molar-refractivity contribution in [3.8, 4) is 28.2 Å². The van der Waals surface area contributed by atoms with Gasteiger partial charge in [-0.05, 0) is 106 Å². The molecule has 58 heavy (non-hydrogen) atoms. The standard InChI is InChI=1S/C54H35N3O/c1-54(29-13-26-43-50(54)38-21-9-11-25-42(38)58-43)52-37-20-8-10-24-40(37)55-53(56-52)57-41-28-27-30-14-2-3-15-31(30)45(41)49-48-39-23-12-22-33-32-16-4-5-17-34(32)46(44(33)39)47(48)35-18-6-7-19-36(35)51(49)57/h2-7,9-19,21-28,46H,8,20,29H2,1H3. The van der Waals surface area contributed by atoms with Crippen molar-refractivity contribution in [2.24, 2.45) is 0 Å². The topological polar surface area (TPSA) is 43.9 Å². The van der Waals surface area contributed by atoms with Crippen LogP contribution in [0.25, 0.3) is 94.7 Å². The summed E-state index contributed by atoms with van der Waals surface area (Å²) in [5.41, 5.74) is 17.0. The van der Waals surface area contributed by atoms with E-state index >= 15 is 0 Å². The lowest BCUT2D eigenvalue weighted by molar-refractivity contribution is 0.516. The number of benzene rings is 7. The van der Waals surface area contributed by atoms with Gasteiger partial charge < -0.3 is 4.42 Å². The zero-order chi connectivity index (χ0) is 37.9. The number of para-hydroxylation sites is 1. The first-order valence-corrected chi connectivity index (χ1v) is 20.6. The molecule has 3 heterocycles. The molecule has 3 aromatic heterocycles. The Kier molecular flexibility index (Phi) is 5.83. The van der Waals surface area contributed by atoms with Crippen LogP contribution in [0.5, 0.6) is 0 Å². The van der Waals surface area contributed by atoms with E-state index in [4.69, 9.17) is 14.4 Å². The number of hydrogen-bond donors (Lipinski definition) is 0. The number of furan rings is 1. The summed E-state index contributed by atoms with van der Waals surface area (Å²) in [6.07, 6.45) is 11.6. The summed E-state index contributed by atoms with van der Waals surface area (Å²) in [6, 6.07) is 47.0. The third-order valence-corrected chi connectivity index (χ3v) is 13.9. The molecule has 14 rings (SSSR count). The Hall–Kier alpha value is -7.04. The van der Waals surface area contributed by atoms with Crippen LogP contribution < -0.4 is 0 Å². The van der Waals surface area contributed by atoms with Crippen molar-refractivity contribution in [1.29, 1.82) is 0 Å². The van der Waals surface area contributed by atoms with Crippen LogP contribution >= 0.6 is 0 Å². The van der Waals surface area contributed by atoms with E-state index in [0.717, 1.165) is 52.9 Å². The molecule has 0 spiro atoms. The number of rotatable bonds is 2. The van der Waals surface area contributed by atoms with E-state index in [0.29, 0.717) is 5.95 Å². The van der Waals surface area contributed by atoms with E-state index in [1.807, 2.05) is 0 Å². The van der Waals surface area contributed by atoms with Crippen LogP contribution in [0.1, 0.15) is 70.6 Å². The quantitative estimate of drug-likeness (QED) is 0.177. The molecule has 0 saturated heterocycles. The third-order valence-electron chi connectivity index (χ3n) is 13.9. The molecule has 272 valence electrons. The molecular formula is C54H35N3O. The largest absolute Gasteiger partial charge is 0.456 e. The number of aromatic nitrogens is 3. The van der Waals surface area contributed by atoms with Crippen molar-refractivity contribution >= 4 is 66.5 Å². The molecule has 0 N–H and O–H groups in total. The van der Waals surface area contributed by atoms with E-state index in [-0.39, 0.29) is 5.92 Å². The number of allylic oxidation sites excluding steroid dienone is 2. The minimum Gasteiger partial charge on any atom is -0.456 e. The fraction of sp³-hybridized carbons (Fsp3) is 0.111. The summed E-state index contributed by atoms with van der Waals surface area (Å²) in [5, 5.41) is 8.70. The SMILES string of the molecule is CC1(c2nc(-n3c4ccc5ccccc5c4c4c5c(c6ccccc6c43)C3c4ccccc4-c4cccc-5c43)nc3c2CCC=C3)CC=Cc2oc3ccccc3c21. The molecule has 0 fully saturated rings. The summed E-state index contributed by atoms with van der Waals surface area (Å²) in [6.45, 7) is 2.37. The Morgan fingerprint density at radius 3 is 2.36 bits per heavy atom. The van der Waals surface area contributed by atoms with Crippen LogP contribution in [-0.2, 0) is 11.8 Å². The lowest BCUT2D eigenvalue weighted by atomic mass is 9.70. The van der Waals surface area contributed by atoms with Crippen molar-refractivity contribution in [3.63, 3.8) is 0 Å². The van der Waals surface area contributed by atoms with Gasteiger partial charge in [-0.3, -0.25) is 4.57 Å². The predicted molar refractivity (Wildman–Crippen MR) is 237 cm³/mol. The highest BCUT2D eigenvalue weighted by Crippen LogP contribution is 2.62. The van der Waals surface area contributed by atoms with Gasteiger partial charge in [0.25, 0.3) is 0 Å². The first-order chi connectivity index (χ1) is 28.7. The molecule has 10 aromatic rings. The Balaban J connectivity index is 1.16. The van der Waals surface area contributed by atoms with Crippen LogP contribution in [0.15, 0.2) is 144 Å². The van der Waals surface area contributed by atoms with Crippen LogP contribution in [-0.4, -0.2) is 14.5 Å². The highest BCUT2D eigenvalue weighted by molar-refractivity contribution is 6.32. The van der Waals surface area contributed by atoms with Crippen molar-refractivity contribution in [3.05, 3.63) is 185 Å². The van der Waals surface area contributed by atoms with Crippen LogP contribution in [0.3, 0.4) is 0 Å². The van der Waals surface area contributed by atoms with Gasteiger partial charge in [0.05, 0.1) is 22.4 Å². The normalized spacial score (nSPS) is 18.3. The monoisotopic (exact) mass is 741 g/mol. The minimum atomic E-state index is -0.425.